The first kappa shape index (κ1) is 34.2. The Balaban J connectivity index is 1.82. The van der Waals surface area contributed by atoms with Gasteiger partial charge < -0.3 is 37.9 Å². The van der Waals surface area contributed by atoms with Gasteiger partial charge in [-0.1, -0.05) is 0 Å². The van der Waals surface area contributed by atoms with Crippen LogP contribution in [-0.4, -0.2) is 108 Å². The normalized spacial score (nSPS) is 29.4. The van der Waals surface area contributed by atoms with E-state index in [1.54, 1.807) is 0 Å². The number of nitrogens with zero attached hydrogens (tertiary/aromatic N) is 3. The Bertz CT molecular complexity index is 1520. The number of fused-ring (bicyclic) bond motifs is 1. The molecule has 2 fully saturated rings. The van der Waals surface area contributed by atoms with E-state index in [0.717, 1.165) is 45.5 Å². The van der Waals surface area contributed by atoms with Gasteiger partial charge in [0.1, 0.15) is 38.4 Å². The third-order valence-electron chi connectivity index (χ3n) is 7.33. The molecular weight excluding hydrogens is 618 g/mol. The summed E-state index contributed by atoms with van der Waals surface area (Å²) in [6.45, 7) is 5.10. The Labute approximate surface area is 261 Å². The predicted octanol–water partition coefficient (Wildman–Crippen LogP) is -0.652. The average Bonchev–Trinajstić information content (AvgIpc) is 3.61. The van der Waals surface area contributed by atoms with Crippen molar-refractivity contribution in [3.05, 3.63) is 22.4 Å². The molecule has 4 heterocycles. The minimum absolute atomic E-state index is 0.0197. The van der Waals surface area contributed by atoms with Gasteiger partial charge in [0.25, 0.3) is 11.3 Å². The van der Waals surface area contributed by atoms with Crippen molar-refractivity contribution in [2.45, 2.75) is 83.2 Å². The topological polar surface area (TPSA) is 224 Å². The van der Waals surface area contributed by atoms with Gasteiger partial charge in [-0.15, -0.1) is 0 Å². The first-order chi connectivity index (χ1) is 21.6. The quantitative estimate of drug-likeness (QED) is 0.226. The average molecular weight is 652 g/mol. The van der Waals surface area contributed by atoms with E-state index in [9.17, 15) is 33.6 Å². The second kappa shape index (κ2) is 13.3. The molecule has 18 heteroatoms. The maximum atomic E-state index is 14.1. The van der Waals surface area contributed by atoms with Crippen molar-refractivity contribution in [3.63, 3.8) is 0 Å². The SMILES string of the molecule is CC(=O)OC[C@@H]1OC[C@](OC(C)=O)([C@@H]2C=Nc3c2ncn([C@]2(OC(C)=O)CO[C@H](COC(C)=O)[C@H]2OC(C)=O)c3=O)[C@@H]1OC(C)=O. The summed E-state index contributed by atoms with van der Waals surface area (Å²) < 4.78 is 44.8. The van der Waals surface area contributed by atoms with Crippen LogP contribution < -0.4 is 5.56 Å². The fourth-order valence-corrected chi connectivity index (χ4v) is 5.71. The fourth-order valence-electron chi connectivity index (χ4n) is 5.71. The smallest absolute Gasteiger partial charge is 0.304 e. The summed E-state index contributed by atoms with van der Waals surface area (Å²) in [6.07, 6.45) is -2.74. The minimum Gasteiger partial charge on any atom is -0.463 e. The molecule has 0 unspecified atom stereocenters. The number of esters is 6. The Hall–Kier alpha value is -4.71. The molecule has 0 amide bonds. The zero-order chi connectivity index (χ0) is 34.0. The van der Waals surface area contributed by atoms with Crippen molar-refractivity contribution >= 4 is 47.7 Å². The third kappa shape index (κ3) is 6.62. The summed E-state index contributed by atoms with van der Waals surface area (Å²) in [5, 5.41) is 0. The van der Waals surface area contributed by atoms with E-state index in [2.05, 4.69) is 9.98 Å². The van der Waals surface area contributed by atoms with E-state index >= 15 is 0 Å². The van der Waals surface area contributed by atoms with Crippen LogP contribution in [0.2, 0.25) is 0 Å². The Morgan fingerprint density at radius 3 is 1.87 bits per heavy atom. The number of aromatic nitrogens is 2. The van der Waals surface area contributed by atoms with Crippen LogP contribution in [0.5, 0.6) is 0 Å². The number of aliphatic imine (C=N–C) groups is 1. The summed E-state index contributed by atoms with van der Waals surface area (Å²) in [6, 6.07) is 0. The first-order valence-corrected chi connectivity index (χ1v) is 14.0. The van der Waals surface area contributed by atoms with Crippen molar-refractivity contribution in [3.8, 4) is 0 Å². The molecule has 0 radical (unpaired) electrons. The molecule has 1 aromatic heterocycles. The van der Waals surface area contributed by atoms with Crippen LogP contribution in [0.25, 0.3) is 0 Å². The Kier molecular flexibility index (Phi) is 9.91. The molecule has 0 bridgehead atoms. The monoisotopic (exact) mass is 651 g/mol. The van der Waals surface area contributed by atoms with Crippen LogP contribution in [0, 0.1) is 0 Å². The molecular formula is C28H33N3O15. The number of rotatable bonds is 10. The molecule has 4 rings (SSSR count). The molecule has 0 N–H and O–H groups in total. The van der Waals surface area contributed by atoms with Crippen LogP contribution in [-0.2, 0) is 72.4 Å². The Morgan fingerprint density at radius 2 is 1.33 bits per heavy atom. The highest BCUT2D eigenvalue weighted by Gasteiger charge is 2.62. The number of ether oxygens (including phenoxy) is 8. The molecule has 18 nitrogen and oxygen atoms in total. The van der Waals surface area contributed by atoms with Gasteiger partial charge >= 0.3 is 35.8 Å². The third-order valence-corrected chi connectivity index (χ3v) is 7.33. The molecule has 0 saturated carbocycles. The van der Waals surface area contributed by atoms with Gasteiger partial charge in [-0.05, 0) is 0 Å². The second-order valence-electron chi connectivity index (χ2n) is 10.8. The highest BCUT2D eigenvalue weighted by Crippen LogP contribution is 2.46. The maximum absolute atomic E-state index is 14.1. The lowest BCUT2D eigenvalue weighted by atomic mass is 9.81. The molecule has 0 aromatic carbocycles. The highest BCUT2D eigenvalue weighted by molar-refractivity contribution is 5.82. The van der Waals surface area contributed by atoms with Gasteiger partial charge in [-0.3, -0.25) is 43.1 Å². The van der Waals surface area contributed by atoms with Gasteiger partial charge in [0.2, 0.25) is 0 Å². The lowest BCUT2D eigenvalue weighted by molar-refractivity contribution is -0.198. The lowest BCUT2D eigenvalue weighted by Crippen LogP contribution is -2.56. The van der Waals surface area contributed by atoms with Crippen molar-refractivity contribution in [1.29, 1.82) is 0 Å². The van der Waals surface area contributed by atoms with Crippen molar-refractivity contribution in [1.82, 2.24) is 9.55 Å². The predicted molar refractivity (Wildman–Crippen MR) is 147 cm³/mol. The maximum Gasteiger partial charge on any atom is 0.304 e. The van der Waals surface area contributed by atoms with Crippen molar-refractivity contribution in [2.75, 3.05) is 26.4 Å². The van der Waals surface area contributed by atoms with Gasteiger partial charge in [0, 0.05) is 47.8 Å². The summed E-state index contributed by atoms with van der Waals surface area (Å²) in [7, 11) is 0. The van der Waals surface area contributed by atoms with E-state index in [4.69, 9.17) is 37.9 Å². The first-order valence-electron chi connectivity index (χ1n) is 14.0. The Morgan fingerprint density at radius 1 is 0.783 bits per heavy atom. The largest absolute Gasteiger partial charge is 0.463 e. The van der Waals surface area contributed by atoms with Crippen molar-refractivity contribution in [2.24, 2.45) is 4.99 Å². The van der Waals surface area contributed by atoms with Crippen LogP contribution >= 0.6 is 0 Å². The summed E-state index contributed by atoms with van der Waals surface area (Å²) in [5.74, 6) is -5.65. The number of hydrogen-bond donors (Lipinski definition) is 0. The standard InChI is InChI=1S/C28H33N3O15/c1-13(32)39-8-20-24(43-15(3)34)27(10-41-20,45-17(5)36)19-7-29-23-22(19)30-12-31(26(23)38)28(46-18(6)37)11-42-21(9-40-14(2)33)25(28)44-16(4)35/h7,12,19-21,24-25H,8-11H2,1-6H3/t19-,20+,21-,24-,25-,27+,28+/m1/s1. The summed E-state index contributed by atoms with van der Waals surface area (Å²) in [4.78, 5) is 94.7. The van der Waals surface area contributed by atoms with E-state index in [-0.39, 0.29) is 24.6 Å². The molecule has 3 aliphatic heterocycles. The van der Waals surface area contributed by atoms with Crippen LogP contribution in [0.3, 0.4) is 0 Å². The minimum atomic E-state index is -2.10. The summed E-state index contributed by atoms with van der Waals surface area (Å²) in [5.41, 5.74) is -5.08. The molecule has 2 saturated heterocycles. The van der Waals surface area contributed by atoms with Crippen molar-refractivity contribution < 1.29 is 66.7 Å². The lowest BCUT2D eigenvalue weighted by Gasteiger charge is -2.37. The zero-order valence-corrected chi connectivity index (χ0v) is 25.8. The molecule has 0 aliphatic carbocycles. The van der Waals surface area contributed by atoms with Crippen LogP contribution in [0.15, 0.2) is 16.1 Å². The summed E-state index contributed by atoms with van der Waals surface area (Å²) >= 11 is 0. The van der Waals surface area contributed by atoms with Gasteiger partial charge in [-0.25, -0.2) is 4.98 Å². The fraction of sp³-hybridized carbons (Fsp3) is 0.607. The molecule has 3 aliphatic rings. The molecule has 0 spiro atoms. The van der Waals surface area contributed by atoms with E-state index in [1.807, 2.05) is 0 Å². The van der Waals surface area contributed by atoms with Gasteiger partial charge in [0.15, 0.2) is 23.5 Å². The number of carbonyl (C=O) groups excluding carboxylic acids is 6. The number of carbonyl (C=O) groups is 6. The second-order valence-corrected chi connectivity index (χ2v) is 10.8. The van der Waals surface area contributed by atoms with E-state index in [1.165, 1.54) is 13.1 Å². The van der Waals surface area contributed by atoms with Crippen LogP contribution in [0.4, 0.5) is 5.69 Å². The molecule has 46 heavy (non-hydrogen) atoms. The molecule has 7 atom stereocenters. The molecule has 250 valence electrons. The zero-order valence-electron chi connectivity index (χ0n) is 25.8. The van der Waals surface area contributed by atoms with Crippen LogP contribution in [0.1, 0.15) is 53.2 Å². The number of hydrogen-bond acceptors (Lipinski definition) is 17. The molecule has 1 aromatic rings. The van der Waals surface area contributed by atoms with E-state index in [0.29, 0.717) is 0 Å². The highest BCUT2D eigenvalue weighted by atomic mass is 16.7. The van der Waals surface area contributed by atoms with E-state index < -0.39 is 96.2 Å². The van der Waals surface area contributed by atoms with Gasteiger partial charge in [0.05, 0.1) is 18.2 Å². The van der Waals surface area contributed by atoms with Gasteiger partial charge in [-0.2, -0.15) is 0 Å².